The molecule has 0 unspecified atom stereocenters. The Hall–Kier alpha value is -3.87. The molecule has 190 valence electrons. The molecule has 2 saturated heterocycles. The van der Waals surface area contributed by atoms with E-state index < -0.39 is 0 Å². The first kappa shape index (κ1) is 23.5. The van der Waals surface area contributed by atoms with Gasteiger partial charge in [-0.2, -0.15) is 5.10 Å². The number of hydrogen-bond donors (Lipinski definition) is 0. The predicted molar refractivity (Wildman–Crippen MR) is 148 cm³/mol. The van der Waals surface area contributed by atoms with Crippen molar-refractivity contribution >= 4 is 22.9 Å². The number of nitrogens with zero attached hydrogens (tertiary/aromatic N) is 6. The van der Waals surface area contributed by atoms with Crippen LogP contribution >= 0.6 is 0 Å². The number of anilines is 2. The van der Waals surface area contributed by atoms with Crippen molar-refractivity contribution in [2.75, 3.05) is 49.1 Å². The van der Waals surface area contributed by atoms with Gasteiger partial charge in [0, 0.05) is 68.8 Å². The van der Waals surface area contributed by atoms with Crippen LogP contribution < -0.4 is 9.80 Å². The summed E-state index contributed by atoms with van der Waals surface area (Å²) < 4.78 is 1.91. The van der Waals surface area contributed by atoms with Crippen LogP contribution in [-0.2, 0) is 4.79 Å². The van der Waals surface area contributed by atoms with Crippen LogP contribution in [0.3, 0.4) is 0 Å². The molecule has 1 amide bonds. The molecule has 4 heterocycles. The number of piperidine rings is 1. The Morgan fingerprint density at radius 3 is 2.38 bits per heavy atom. The van der Waals surface area contributed by atoms with E-state index in [0.29, 0.717) is 5.91 Å². The minimum absolute atomic E-state index is 0.0908. The standard InChI is InChI=1S/C30H34N6O/c1-22-8-9-23(2)27(20-22)33-16-18-35(19-17-33)30(37)25-10-13-34(14-11-25)29-28-21-26(24-6-4-3-5-7-24)32-36(28)15-12-31-29/h3-9,12,15,20-21,25H,10-11,13-14,16-19H2,1-2H3. The maximum Gasteiger partial charge on any atom is 0.225 e. The molecule has 6 rings (SSSR count). The summed E-state index contributed by atoms with van der Waals surface area (Å²) in [5.74, 6) is 1.36. The van der Waals surface area contributed by atoms with Gasteiger partial charge in [0.2, 0.25) is 5.91 Å². The van der Waals surface area contributed by atoms with Gasteiger partial charge in [0.05, 0.1) is 5.69 Å². The van der Waals surface area contributed by atoms with Crippen molar-refractivity contribution in [3.63, 3.8) is 0 Å². The molecule has 0 bridgehead atoms. The molecule has 0 spiro atoms. The molecular formula is C30H34N6O. The van der Waals surface area contributed by atoms with E-state index in [2.05, 4.69) is 64.9 Å². The third-order valence-electron chi connectivity index (χ3n) is 7.88. The Kier molecular flexibility index (Phi) is 6.28. The second kappa shape index (κ2) is 9.88. The Bertz CT molecular complexity index is 1400. The van der Waals surface area contributed by atoms with Gasteiger partial charge >= 0.3 is 0 Å². The van der Waals surface area contributed by atoms with Crippen LogP contribution in [0.25, 0.3) is 16.8 Å². The van der Waals surface area contributed by atoms with Crippen molar-refractivity contribution in [1.29, 1.82) is 0 Å². The van der Waals surface area contributed by atoms with Gasteiger partial charge in [-0.05, 0) is 49.9 Å². The van der Waals surface area contributed by atoms with E-state index in [1.165, 1.54) is 16.8 Å². The number of aromatic nitrogens is 3. The van der Waals surface area contributed by atoms with E-state index in [1.807, 2.05) is 35.1 Å². The van der Waals surface area contributed by atoms with Gasteiger partial charge in [0.1, 0.15) is 5.52 Å². The average molecular weight is 495 g/mol. The number of fused-ring (bicyclic) bond motifs is 1. The Morgan fingerprint density at radius 2 is 1.62 bits per heavy atom. The van der Waals surface area contributed by atoms with Crippen LogP contribution in [0.4, 0.5) is 11.5 Å². The van der Waals surface area contributed by atoms with Gasteiger partial charge in [-0.25, -0.2) is 9.50 Å². The van der Waals surface area contributed by atoms with Gasteiger partial charge in [0.15, 0.2) is 5.82 Å². The highest BCUT2D eigenvalue weighted by Crippen LogP contribution is 2.29. The molecule has 0 saturated carbocycles. The Labute approximate surface area is 218 Å². The maximum absolute atomic E-state index is 13.4. The van der Waals surface area contributed by atoms with E-state index in [1.54, 1.807) is 0 Å². The number of amides is 1. The van der Waals surface area contributed by atoms with Crippen molar-refractivity contribution in [1.82, 2.24) is 19.5 Å². The first-order valence-electron chi connectivity index (χ1n) is 13.3. The van der Waals surface area contributed by atoms with Crippen LogP contribution in [0, 0.1) is 19.8 Å². The largest absolute Gasteiger partial charge is 0.368 e. The van der Waals surface area contributed by atoms with Crippen LogP contribution in [0.15, 0.2) is 67.0 Å². The molecule has 4 aromatic rings. The van der Waals surface area contributed by atoms with Crippen LogP contribution in [0.2, 0.25) is 0 Å². The molecule has 37 heavy (non-hydrogen) atoms. The van der Waals surface area contributed by atoms with Crippen molar-refractivity contribution < 1.29 is 4.79 Å². The highest BCUT2D eigenvalue weighted by Gasteiger charge is 2.31. The molecule has 7 nitrogen and oxygen atoms in total. The molecule has 0 N–H and O–H groups in total. The zero-order valence-corrected chi connectivity index (χ0v) is 21.7. The SMILES string of the molecule is Cc1ccc(C)c(N2CCN(C(=O)C3CCN(c4nccn5nc(-c6ccccc6)cc45)CC3)CC2)c1. The lowest BCUT2D eigenvalue weighted by Crippen LogP contribution is -2.52. The number of carbonyl (C=O) groups excluding carboxylic acids is 1. The van der Waals surface area contributed by atoms with Gasteiger partial charge < -0.3 is 14.7 Å². The summed E-state index contributed by atoms with van der Waals surface area (Å²) in [5.41, 5.74) is 6.93. The van der Waals surface area contributed by atoms with E-state index in [-0.39, 0.29) is 5.92 Å². The second-order valence-corrected chi connectivity index (χ2v) is 10.3. The van der Waals surface area contributed by atoms with Crippen molar-refractivity contribution in [2.24, 2.45) is 5.92 Å². The minimum atomic E-state index is 0.0908. The van der Waals surface area contributed by atoms with Gasteiger partial charge in [-0.1, -0.05) is 42.5 Å². The van der Waals surface area contributed by atoms with Crippen molar-refractivity contribution in [2.45, 2.75) is 26.7 Å². The molecule has 2 aromatic heterocycles. The number of aryl methyl sites for hydroxylation is 2. The number of benzene rings is 2. The fraction of sp³-hybridized carbons (Fsp3) is 0.367. The number of hydrogen-bond acceptors (Lipinski definition) is 5. The van der Waals surface area contributed by atoms with Crippen molar-refractivity contribution in [3.8, 4) is 11.3 Å². The van der Waals surface area contributed by atoms with Crippen LogP contribution in [0.1, 0.15) is 24.0 Å². The summed E-state index contributed by atoms with van der Waals surface area (Å²) in [5, 5.41) is 4.77. The molecule has 0 radical (unpaired) electrons. The summed E-state index contributed by atoms with van der Waals surface area (Å²) in [7, 11) is 0. The molecule has 2 aliphatic heterocycles. The van der Waals surface area contributed by atoms with E-state index in [4.69, 9.17) is 10.1 Å². The fourth-order valence-electron chi connectivity index (χ4n) is 5.73. The highest BCUT2D eigenvalue weighted by atomic mass is 16.2. The average Bonchev–Trinajstić information content (AvgIpc) is 3.39. The summed E-state index contributed by atoms with van der Waals surface area (Å²) in [6.07, 6.45) is 5.44. The number of piperazine rings is 1. The number of carbonyl (C=O) groups is 1. The van der Waals surface area contributed by atoms with Gasteiger partial charge in [0.25, 0.3) is 0 Å². The normalized spacial score (nSPS) is 17.0. The van der Waals surface area contributed by atoms with E-state index >= 15 is 0 Å². The van der Waals surface area contributed by atoms with Crippen LogP contribution in [-0.4, -0.2) is 64.7 Å². The molecule has 2 fully saturated rings. The van der Waals surface area contributed by atoms with Crippen molar-refractivity contribution in [3.05, 3.63) is 78.1 Å². The monoisotopic (exact) mass is 494 g/mol. The smallest absolute Gasteiger partial charge is 0.225 e. The highest BCUT2D eigenvalue weighted by molar-refractivity contribution is 5.80. The zero-order chi connectivity index (χ0) is 25.4. The zero-order valence-electron chi connectivity index (χ0n) is 21.7. The predicted octanol–water partition coefficient (Wildman–Crippen LogP) is 4.58. The summed E-state index contributed by atoms with van der Waals surface area (Å²) in [6, 6.07) is 19.0. The topological polar surface area (TPSA) is 57.0 Å². The lowest BCUT2D eigenvalue weighted by Gasteiger charge is -2.40. The second-order valence-electron chi connectivity index (χ2n) is 10.3. The first-order chi connectivity index (χ1) is 18.1. The van der Waals surface area contributed by atoms with Gasteiger partial charge in [-0.15, -0.1) is 0 Å². The van der Waals surface area contributed by atoms with E-state index in [9.17, 15) is 4.79 Å². The third kappa shape index (κ3) is 4.66. The maximum atomic E-state index is 13.4. The molecule has 2 aromatic carbocycles. The molecule has 2 aliphatic rings. The molecule has 0 atom stereocenters. The Balaban J connectivity index is 1.09. The number of rotatable bonds is 4. The quantitative estimate of drug-likeness (QED) is 0.416. The first-order valence-corrected chi connectivity index (χ1v) is 13.3. The summed E-state index contributed by atoms with van der Waals surface area (Å²) in [6.45, 7) is 9.35. The lowest BCUT2D eigenvalue weighted by molar-refractivity contribution is -0.136. The van der Waals surface area contributed by atoms with Gasteiger partial charge in [-0.3, -0.25) is 4.79 Å². The Morgan fingerprint density at radius 1 is 0.865 bits per heavy atom. The van der Waals surface area contributed by atoms with E-state index in [0.717, 1.165) is 74.7 Å². The van der Waals surface area contributed by atoms with Crippen LogP contribution in [0.5, 0.6) is 0 Å². The molecule has 7 heteroatoms. The lowest BCUT2D eigenvalue weighted by atomic mass is 9.95. The summed E-state index contributed by atoms with van der Waals surface area (Å²) in [4.78, 5) is 24.9. The third-order valence-corrected chi connectivity index (χ3v) is 7.88. The molecular weight excluding hydrogens is 460 g/mol. The molecule has 0 aliphatic carbocycles. The minimum Gasteiger partial charge on any atom is -0.368 e. The fourth-order valence-corrected chi connectivity index (χ4v) is 5.73. The summed E-state index contributed by atoms with van der Waals surface area (Å²) >= 11 is 0.